The SMILES string of the molecule is CCC(=O)Nc1nc(-c2ccc(OC)cc2)c(-c2ccncc2)s1. The van der Waals surface area contributed by atoms with Gasteiger partial charge in [-0.05, 0) is 42.0 Å². The highest BCUT2D eigenvalue weighted by molar-refractivity contribution is 7.19. The quantitative estimate of drug-likeness (QED) is 0.755. The Morgan fingerprint density at radius 2 is 1.83 bits per heavy atom. The van der Waals surface area contributed by atoms with Gasteiger partial charge >= 0.3 is 0 Å². The van der Waals surface area contributed by atoms with Crippen LogP contribution in [0.15, 0.2) is 48.8 Å². The van der Waals surface area contributed by atoms with E-state index in [-0.39, 0.29) is 5.91 Å². The molecule has 3 rings (SSSR count). The fraction of sp³-hybridized carbons (Fsp3) is 0.167. The van der Waals surface area contributed by atoms with Gasteiger partial charge in [0.2, 0.25) is 5.91 Å². The average Bonchev–Trinajstić information content (AvgIpc) is 3.06. The number of aromatic nitrogens is 2. The zero-order valence-electron chi connectivity index (χ0n) is 13.4. The molecular weight excluding hydrogens is 322 g/mol. The molecule has 0 unspecified atom stereocenters. The maximum absolute atomic E-state index is 11.7. The second-order valence-corrected chi connectivity index (χ2v) is 6.06. The number of carbonyl (C=O) groups is 1. The van der Waals surface area contributed by atoms with E-state index in [4.69, 9.17) is 4.74 Å². The smallest absolute Gasteiger partial charge is 0.225 e. The minimum atomic E-state index is -0.0497. The summed E-state index contributed by atoms with van der Waals surface area (Å²) in [7, 11) is 1.64. The first-order valence-electron chi connectivity index (χ1n) is 7.56. The molecule has 3 aromatic rings. The predicted octanol–water partition coefficient (Wildman–Crippen LogP) is 4.23. The molecule has 0 spiro atoms. The summed E-state index contributed by atoms with van der Waals surface area (Å²) >= 11 is 1.46. The van der Waals surface area contributed by atoms with Crippen molar-refractivity contribution in [1.82, 2.24) is 9.97 Å². The van der Waals surface area contributed by atoms with Crippen LogP contribution in [0.2, 0.25) is 0 Å². The van der Waals surface area contributed by atoms with E-state index in [0.29, 0.717) is 11.6 Å². The molecule has 0 radical (unpaired) electrons. The lowest BCUT2D eigenvalue weighted by molar-refractivity contribution is -0.115. The van der Waals surface area contributed by atoms with Crippen LogP contribution < -0.4 is 10.1 Å². The summed E-state index contributed by atoms with van der Waals surface area (Å²) < 4.78 is 5.21. The summed E-state index contributed by atoms with van der Waals surface area (Å²) in [6.07, 6.45) is 3.91. The van der Waals surface area contributed by atoms with Gasteiger partial charge in [0.25, 0.3) is 0 Å². The standard InChI is InChI=1S/C18H17N3O2S/c1-3-15(22)20-18-21-16(12-4-6-14(23-2)7-5-12)17(24-18)13-8-10-19-11-9-13/h4-11H,3H2,1-2H3,(H,20,21,22). The topological polar surface area (TPSA) is 64.1 Å². The molecule has 5 nitrogen and oxygen atoms in total. The van der Waals surface area contributed by atoms with Gasteiger partial charge in [-0.25, -0.2) is 4.98 Å². The van der Waals surface area contributed by atoms with Crippen molar-refractivity contribution in [2.75, 3.05) is 12.4 Å². The van der Waals surface area contributed by atoms with Gasteiger partial charge in [0.15, 0.2) is 5.13 Å². The number of rotatable bonds is 5. The lowest BCUT2D eigenvalue weighted by Crippen LogP contribution is -2.08. The number of hydrogen-bond acceptors (Lipinski definition) is 5. The Kier molecular flexibility index (Phi) is 4.86. The first-order valence-corrected chi connectivity index (χ1v) is 8.38. The molecule has 0 saturated heterocycles. The van der Waals surface area contributed by atoms with E-state index in [1.54, 1.807) is 19.5 Å². The number of carbonyl (C=O) groups excluding carboxylic acids is 1. The number of amides is 1. The summed E-state index contributed by atoms with van der Waals surface area (Å²) in [6, 6.07) is 11.6. The van der Waals surface area contributed by atoms with Gasteiger partial charge in [0.05, 0.1) is 17.7 Å². The highest BCUT2D eigenvalue weighted by Gasteiger charge is 2.16. The molecule has 0 bridgehead atoms. The van der Waals surface area contributed by atoms with Gasteiger partial charge in [0, 0.05) is 24.4 Å². The third kappa shape index (κ3) is 3.44. The number of nitrogens with one attached hydrogen (secondary N) is 1. The normalized spacial score (nSPS) is 10.4. The lowest BCUT2D eigenvalue weighted by atomic mass is 10.1. The van der Waals surface area contributed by atoms with Gasteiger partial charge in [-0.1, -0.05) is 18.3 Å². The van der Waals surface area contributed by atoms with Crippen molar-refractivity contribution in [2.45, 2.75) is 13.3 Å². The number of hydrogen-bond donors (Lipinski definition) is 1. The molecule has 1 aromatic carbocycles. The molecule has 2 heterocycles. The van der Waals surface area contributed by atoms with Crippen LogP contribution in [-0.4, -0.2) is 23.0 Å². The van der Waals surface area contributed by atoms with E-state index < -0.39 is 0 Å². The number of ether oxygens (including phenoxy) is 1. The molecule has 0 fully saturated rings. The van der Waals surface area contributed by atoms with E-state index in [0.717, 1.165) is 27.4 Å². The molecule has 0 aliphatic rings. The maximum Gasteiger partial charge on any atom is 0.225 e. The number of thiazole rings is 1. The number of pyridine rings is 1. The van der Waals surface area contributed by atoms with Crippen molar-refractivity contribution in [3.8, 4) is 27.4 Å². The van der Waals surface area contributed by atoms with E-state index in [1.165, 1.54) is 11.3 Å². The van der Waals surface area contributed by atoms with Crippen molar-refractivity contribution < 1.29 is 9.53 Å². The van der Waals surface area contributed by atoms with Crippen LogP contribution in [0.25, 0.3) is 21.7 Å². The summed E-state index contributed by atoms with van der Waals surface area (Å²) in [5, 5.41) is 3.44. The molecule has 1 amide bonds. The van der Waals surface area contributed by atoms with Crippen molar-refractivity contribution >= 4 is 22.4 Å². The highest BCUT2D eigenvalue weighted by Crippen LogP contribution is 2.39. The van der Waals surface area contributed by atoms with Crippen LogP contribution in [0.5, 0.6) is 5.75 Å². The Hall–Kier alpha value is -2.73. The maximum atomic E-state index is 11.7. The van der Waals surface area contributed by atoms with Crippen LogP contribution in [0.1, 0.15) is 13.3 Å². The largest absolute Gasteiger partial charge is 0.497 e. The summed E-state index contributed by atoms with van der Waals surface area (Å²) in [5.41, 5.74) is 2.82. The average molecular weight is 339 g/mol. The zero-order valence-corrected chi connectivity index (χ0v) is 14.3. The molecule has 6 heteroatoms. The van der Waals surface area contributed by atoms with E-state index in [2.05, 4.69) is 15.3 Å². The molecule has 1 N–H and O–H groups in total. The molecule has 24 heavy (non-hydrogen) atoms. The van der Waals surface area contributed by atoms with Crippen molar-refractivity contribution in [2.24, 2.45) is 0 Å². The van der Waals surface area contributed by atoms with Crippen LogP contribution >= 0.6 is 11.3 Å². The second kappa shape index (κ2) is 7.23. The van der Waals surface area contributed by atoms with Crippen LogP contribution in [0.4, 0.5) is 5.13 Å². The Morgan fingerprint density at radius 3 is 2.46 bits per heavy atom. The minimum Gasteiger partial charge on any atom is -0.497 e. The van der Waals surface area contributed by atoms with Gasteiger partial charge in [-0.2, -0.15) is 0 Å². The van der Waals surface area contributed by atoms with Crippen molar-refractivity contribution in [1.29, 1.82) is 0 Å². The second-order valence-electron chi connectivity index (χ2n) is 5.06. The fourth-order valence-electron chi connectivity index (χ4n) is 2.22. The summed E-state index contributed by atoms with van der Waals surface area (Å²) in [4.78, 5) is 21.4. The van der Waals surface area contributed by atoms with E-state index in [1.807, 2.05) is 43.3 Å². The molecule has 0 saturated carbocycles. The summed E-state index contributed by atoms with van der Waals surface area (Å²) in [5.74, 6) is 0.741. The fourth-order valence-corrected chi connectivity index (χ4v) is 3.23. The van der Waals surface area contributed by atoms with Gasteiger partial charge in [-0.3, -0.25) is 9.78 Å². The Bertz CT molecular complexity index is 829. The lowest BCUT2D eigenvalue weighted by Gasteiger charge is -2.04. The van der Waals surface area contributed by atoms with Gasteiger partial charge in [0.1, 0.15) is 5.75 Å². The molecule has 0 aliphatic carbocycles. The van der Waals surface area contributed by atoms with Crippen LogP contribution in [0, 0.1) is 0 Å². The number of benzene rings is 1. The number of anilines is 1. The first-order chi connectivity index (χ1) is 11.7. The Labute approximate surface area is 144 Å². The zero-order chi connectivity index (χ0) is 16.9. The summed E-state index contributed by atoms with van der Waals surface area (Å²) in [6.45, 7) is 1.82. The van der Waals surface area contributed by atoms with Crippen molar-refractivity contribution in [3.05, 3.63) is 48.8 Å². The molecule has 0 atom stereocenters. The van der Waals surface area contributed by atoms with Crippen LogP contribution in [-0.2, 0) is 4.79 Å². The first kappa shape index (κ1) is 16.1. The number of methoxy groups -OCH3 is 1. The Balaban J connectivity index is 2.06. The Morgan fingerprint density at radius 1 is 1.12 bits per heavy atom. The highest BCUT2D eigenvalue weighted by atomic mass is 32.1. The number of nitrogens with zero attached hydrogens (tertiary/aromatic N) is 2. The van der Waals surface area contributed by atoms with Gasteiger partial charge < -0.3 is 10.1 Å². The molecule has 0 aliphatic heterocycles. The third-order valence-corrected chi connectivity index (χ3v) is 4.52. The van der Waals surface area contributed by atoms with Crippen LogP contribution in [0.3, 0.4) is 0 Å². The van der Waals surface area contributed by atoms with Gasteiger partial charge in [-0.15, -0.1) is 0 Å². The van der Waals surface area contributed by atoms with E-state index >= 15 is 0 Å². The monoisotopic (exact) mass is 339 g/mol. The van der Waals surface area contributed by atoms with Crippen molar-refractivity contribution in [3.63, 3.8) is 0 Å². The molecule has 2 aromatic heterocycles. The molecular formula is C18H17N3O2S. The predicted molar refractivity (Wildman–Crippen MR) is 96.3 cm³/mol. The third-order valence-electron chi connectivity index (χ3n) is 3.50. The van der Waals surface area contributed by atoms with E-state index in [9.17, 15) is 4.79 Å². The minimum absolute atomic E-state index is 0.0497. The molecule has 122 valence electrons.